The molecule has 0 bridgehead atoms. The van der Waals surface area contributed by atoms with Gasteiger partial charge in [0.1, 0.15) is 0 Å². The number of hydrogen-bond donors (Lipinski definition) is 1. The van der Waals surface area contributed by atoms with E-state index in [0.717, 1.165) is 58.3 Å². The van der Waals surface area contributed by atoms with Crippen molar-refractivity contribution in [1.82, 2.24) is 14.7 Å². The lowest BCUT2D eigenvalue weighted by molar-refractivity contribution is 0.0223. The number of aliphatic hydroxyl groups excluding tert-OH is 1. The van der Waals surface area contributed by atoms with Crippen molar-refractivity contribution in [3.8, 4) is 0 Å². The maximum atomic E-state index is 10.2. The molecule has 4 nitrogen and oxygen atoms in total. The molecule has 4 heteroatoms. The summed E-state index contributed by atoms with van der Waals surface area (Å²) in [5, 5.41) is 14.7. The lowest BCUT2D eigenvalue weighted by Crippen LogP contribution is -2.45. The van der Waals surface area contributed by atoms with Crippen LogP contribution in [0.1, 0.15) is 49.4 Å². The molecule has 2 aromatic rings. The molecule has 1 N–H and O–H groups in total. The van der Waals surface area contributed by atoms with Crippen molar-refractivity contribution < 1.29 is 5.11 Å². The van der Waals surface area contributed by atoms with E-state index in [0.29, 0.717) is 0 Å². The van der Waals surface area contributed by atoms with Gasteiger partial charge in [-0.1, -0.05) is 37.3 Å². The summed E-state index contributed by atoms with van der Waals surface area (Å²) in [6.45, 7) is 8.68. The van der Waals surface area contributed by atoms with E-state index in [2.05, 4.69) is 58.9 Å². The Labute approximate surface area is 157 Å². The van der Waals surface area contributed by atoms with Gasteiger partial charge in [-0.25, -0.2) is 0 Å². The topological polar surface area (TPSA) is 41.3 Å². The Bertz CT molecular complexity index is 682. The predicted octanol–water partition coefficient (Wildman–Crippen LogP) is 3.81. The van der Waals surface area contributed by atoms with E-state index in [1.807, 2.05) is 6.20 Å². The first-order chi connectivity index (χ1) is 12.7. The van der Waals surface area contributed by atoms with E-state index in [9.17, 15) is 5.11 Å². The number of aryl methyl sites for hydroxylation is 2. The molecule has 1 atom stereocenters. The molecule has 1 aromatic carbocycles. The molecule has 1 aliphatic heterocycles. The number of nitrogens with zero attached hydrogens (tertiary/aromatic N) is 3. The van der Waals surface area contributed by atoms with Crippen LogP contribution in [0.25, 0.3) is 0 Å². The van der Waals surface area contributed by atoms with Crippen LogP contribution in [0.5, 0.6) is 0 Å². The molecule has 0 radical (unpaired) electrons. The minimum Gasteiger partial charge on any atom is -0.396 e. The highest BCUT2D eigenvalue weighted by Gasteiger charge is 2.34. The van der Waals surface area contributed by atoms with Crippen LogP contribution < -0.4 is 0 Å². The van der Waals surface area contributed by atoms with E-state index in [1.165, 1.54) is 16.8 Å². The number of aliphatic hydroxyl groups is 1. The molecule has 142 valence electrons. The maximum Gasteiger partial charge on any atom is 0.0537 e. The Morgan fingerprint density at radius 3 is 2.77 bits per heavy atom. The third kappa shape index (κ3) is 4.54. The van der Waals surface area contributed by atoms with Gasteiger partial charge in [0.15, 0.2) is 0 Å². The highest BCUT2D eigenvalue weighted by Crippen LogP contribution is 2.35. The third-order valence-corrected chi connectivity index (χ3v) is 5.90. The number of rotatable bonds is 8. The van der Waals surface area contributed by atoms with Crippen molar-refractivity contribution in [3.05, 3.63) is 53.3 Å². The second-order valence-electron chi connectivity index (χ2n) is 7.94. The maximum absolute atomic E-state index is 10.2. The summed E-state index contributed by atoms with van der Waals surface area (Å²) >= 11 is 0. The van der Waals surface area contributed by atoms with Gasteiger partial charge in [-0.2, -0.15) is 5.10 Å². The van der Waals surface area contributed by atoms with Crippen LogP contribution in [0.3, 0.4) is 0 Å². The number of benzene rings is 1. The molecular formula is C22H33N3O. The first-order valence-corrected chi connectivity index (χ1v) is 10.0. The average molecular weight is 356 g/mol. The van der Waals surface area contributed by atoms with Crippen molar-refractivity contribution in [3.63, 3.8) is 0 Å². The Hall–Kier alpha value is -1.65. The van der Waals surface area contributed by atoms with Crippen LogP contribution in [-0.4, -0.2) is 39.5 Å². The summed E-state index contributed by atoms with van der Waals surface area (Å²) in [4.78, 5) is 2.52. The summed E-state index contributed by atoms with van der Waals surface area (Å²) in [6.07, 6.45) is 7.53. The fraction of sp³-hybridized carbons (Fsp3) is 0.591. The Balaban J connectivity index is 1.63. The van der Waals surface area contributed by atoms with Crippen molar-refractivity contribution in [2.24, 2.45) is 5.41 Å². The third-order valence-electron chi connectivity index (χ3n) is 5.90. The second-order valence-corrected chi connectivity index (χ2v) is 7.94. The van der Waals surface area contributed by atoms with Crippen molar-refractivity contribution in [1.29, 1.82) is 0 Å². The van der Waals surface area contributed by atoms with Crippen LogP contribution >= 0.6 is 0 Å². The van der Waals surface area contributed by atoms with Gasteiger partial charge in [0.2, 0.25) is 0 Å². The molecule has 1 aliphatic rings. The number of aromatic nitrogens is 2. The molecule has 26 heavy (non-hydrogen) atoms. The van der Waals surface area contributed by atoms with E-state index in [-0.39, 0.29) is 12.0 Å². The predicted molar refractivity (Wildman–Crippen MR) is 106 cm³/mol. The number of piperidine rings is 1. The summed E-state index contributed by atoms with van der Waals surface area (Å²) in [7, 11) is 0. The minimum absolute atomic E-state index is 0.0292. The molecule has 1 fully saturated rings. The molecule has 1 aromatic heterocycles. The van der Waals surface area contributed by atoms with Gasteiger partial charge in [-0.3, -0.25) is 9.58 Å². The van der Waals surface area contributed by atoms with Gasteiger partial charge < -0.3 is 5.11 Å². The number of likely N-dealkylation sites (tertiary alicyclic amines) is 1. The van der Waals surface area contributed by atoms with Crippen LogP contribution in [0.4, 0.5) is 0 Å². The average Bonchev–Trinajstić information content (AvgIpc) is 3.01. The SMILES string of the molecule is CCCn1ncc(CN2CCC[C@@](CO)(CCc3ccccc3)C2)c1C. The van der Waals surface area contributed by atoms with Crippen LogP contribution in [0, 0.1) is 12.3 Å². The normalized spacial score (nSPS) is 21.2. The monoisotopic (exact) mass is 355 g/mol. The van der Waals surface area contributed by atoms with Crippen molar-refractivity contribution in [2.75, 3.05) is 19.7 Å². The molecule has 0 amide bonds. The lowest BCUT2D eigenvalue weighted by Gasteiger charge is -2.42. The molecule has 2 heterocycles. The molecule has 0 spiro atoms. The molecule has 0 saturated carbocycles. The fourth-order valence-electron chi connectivity index (χ4n) is 4.23. The minimum atomic E-state index is 0.0292. The van der Waals surface area contributed by atoms with Gasteiger partial charge in [0.25, 0.3) is 0 Å². The van der Waals surface area contributed by atoms with Gasteiger partial charge in [0, 0.05) is 42.9 Å². The van der Waals surface area contributed by atoms with Gasteiger partial charge >= 0.3 is 0 Å². The van der Waals surface area contributed by atoms with Gasteiger partial charge in [0.05, 0.1) is 6.20 Å². The van der Waals surface area contributed by atoms with Crippen LogP contribution in [-0.2, 0) is 19.5 Å². The van der Waals surface area contributed by atoms with Crippen molar-refractivity contribution in [2.45, 2.75) is 59.0 Å². The molecule has 0 aliphatic carbocycles. The van der Waals surface area contributed by atoms with Crippen LogP contribution in [0.2, 0.25) is 0 Å². The Morgan fingerprint density at radius 1 is 1.23 bits per heavy atom. The second kappa shape index (κ2) is 8.83. The first-order valence-electron chi connectivity index (χ1n) is 10.0. The van der Waals surface area contributed by atoms with Gasteiger partial charge in [-0.05, 0) is 51.1 Å². The Kier molecular flexibility index (Phi) is 6.49. The Morgan fingerprint density at radius 2 is 2.04 bits per heavy atom. The van der Waals surface area contributed by atoms with Gasteiger partial charge in [-0.15, -0.1) is 0 Å². The smallest absolute Gasteiger partial charge is 0.0537 e. The highest BCUT2D eigenvalue weighted by atomic mass is 16.3. The zero-order chi connectivity index (χ0) is 18.4. The largest absolute Gasteiger partial charge is 0.396 e. The van der Waals surface area contributed by atoms with Crippen LogP contribution in [0.15, 0.2) is 36.5 Å². The molecular weight excluding hydrogens is 322 g/mol. The summed E-state index contributed by atoms with van der Waals surface area (Å²) in [6, 6.07) is 10.7. The standard InChI is InChI=1S/C22H33N3O/c1-3-13-25-19(2)21(15-23-25)16-24-14-7-11-22(17-24,18-26)12-10-20-8-5-4-6-9-20/h4-6,8-9,15,26H,3,7,10-14,16-18H2,1-2H3/t22-/m1/s1. The van der Waals surface area contributed by atoms with E-state index >= 15 is 0 Å². The first kappa shape index (κ1) is 19.1. The fourth-order valence-corrected chi connectivity index (χ4v) is 4.23. The van der Waals surface area contributed by atoms with Crippen molar-refractivity contribution >= 4 is 0 Å². The molecule has 0 unspecified atom stereocenters. The zero-order valence-corrected chi connectivity index (χ0v) is 16.3. The zero-order valence-electron chi connectivity index (χ0n) is 16.3. The quantitative estimate of drug-likeness (QED) is 0.783. The summed E-state index contributed by atoms with van der Waals surface area (Å²) in [5.74, 6) is 0. The van der Waals surface area contributed by atoms with E-state index in [4.69, 9.17) is 0 Å². The summed E-state index contributed by atoms with van der Waals surface area (Å²) in [5.41, 5.74) is 4.02. The molecule has 3 rings (SSSR count). The summed E-state index contributed by atoms with van der Waals surface area (Å²) < 4.78 is 2.12. The highest BCUT2D eigenvalue weighted by molar-refractivity contribution is 5.17. The number of hydrogen-bond acceptors (Lipinski definition) is 3. The van der Waals surface area contributed by atoms with E-state index in [1.54, 1.807) is 0 Å². The molecule has 1 saturated heterocycles. The lowest BCUT2D eigenvalue weighted by atomic mass is 9.76. The van der Waals surface area contributed by atoms with E-state index < -0.39 is 0 Å².